The van der Waals surface area contributed by atoms with Crippen LogP contribution < -0.4 is 4.90 Å². The summed E-state index contributed by atoms with van der Waals surface area (Å²) in [6.45, 7) is 4.90. The Balaban J connectivity index is 2.27. The molecule has 1 fully saturated rings. The molecule has 0 saturated carbocycles. The van der Waals surface area contributed by atoms with Gasteiger partial charge in [-0.25, -0.2) is 14.4 Å². The normalized spacial score (nSPS) is 19.3. The van der Waals surface area contributed by atoms with Crippen LogP contribution in [0.25, 0.3) is 10.9 Å². The third kappa shape index (κ3) is 2.61. The highest BCUT2D eigenvalue weighted by atomic mass is 79.9. The van der Waals surface area contributed by atoms with Gasteiger partial charge in [0.1, 0.15) is 17.2 Å². The minimum atomic E-state index is -0.422. The molecule has 21 heavy (non-hydrogen) atoms. The van der Waals surface area contributed by atoms with Crippen molar-refractivity contribution in [2.24, 2.45) is 0 Å². The van der Waals surface area contributed by atoms with Crippen molar-refractivity contribution in [1.29, 1.82) is 0 Å². The molecular formula is C15H16BrClFN3. The van der Waals surface area contributed by atoms with E-state index in [-0.39, 0.29) is 4.47 Å². The van der Waals surface area contributed by atoms with E-state index in [4.69, 9.17) is 11.6 Å². The van der Waals surface area contributed by atoms with Crippen LogP contribution in [0.1, 0.15) is 32.0 Å². The molecule has 6 heteroatoms. The van der Waals surface area contributed by atoms with Crippen LogP contribution in [0.4, 0.5) is 10.2 Å². The van der Waals surface area contributed by atoms with Gasteiger partial charge in [0.15, 0.2) is 5.82 Å². The highest BCUT2D eigenvalue weighted by Gasteiger charge is 2.24. The zero-order valence-electron chi connectivity index (χ0n) is 12.0. The van der Waals surface area contributed by atoms with Crippen molar-refractivity contribution in [1.82, 2.24) is 9.97 Å². The second-order valence-corrected chi connectivity index (χ2v) is 6.72. The molecule has 0 N–H and O–H groups in total. The van der Waals surface area contributed by atoms with Crippen LogP contribution in [-0.2, 0) is 0 Å². The first kappa shape index (κ1) is 15.0. The molecule has 112 valence electrons. The predicted molar refractivity (Wildman–Crippen MR) is 87.6 cm³/mol. The Kier molecular flexibility index (Phi) is 4.06. The van der Waals surface area contributed by atoms with E-state index in [1.807, 2.05) is 0 Å². The van der Waals surface area contributed by atoms with Gasteiger partial charge in [0, 0.05) is 18.0 Å². The van der Waals surface area contributed by atoms with E-state index < -0.39 is 5.82 Å². The molecule has 2 heterocycles. The van der Waals surface area contributed by atoms with Gasteiger partial charge in [-0.15, -0.1) is 0 Å². The SMILES string of the molecule is Cc1nc(N2CCCC[C@@H]2C)c2cc(Cl)c(Br)c(F)c2n1. The lowest BCUT2D eigenvalue weighted by Gasteiger charge is -2.35. The average molecular weight is 373 g/mol. The van der Waals surface area contributed by atoms with Crippen molar-refractivity contribution in [3.63, 3.8) is 0 Å². The van der Waals surface area contributed by atoms with Gasteiger partial charge in [-0.3, -0.25) is 0 Å². The lowest BCUT2D eigenvalue weighted by molar-refractivity contribution is 0.482. The summed E-state index contributed by atoms with van der Waals surface area (Å²) in [6.07, 6.45) is 3.47. The molecule has 1 aliphatic heterocycles. The Hall–Kier alpha value is -0.940. The van der Waals surface area contributed by atoms with Crippen LogP contribution in [0.15, 0.2) is 10.5 Å². The molecule has 0 aliphatic carbocycles. The molecule has 0 amide bonds. The van der Waals surface area contributed by atoms with E-state index >= 15 is 0 Å². The minimum absolute atomic E-state index is 0.257. The predicted octanol–water partition coefficient (Wildman–Crippen LogP) is 4.87. The quantitative estimate of drug-likeness (QED) is 0.669. The van der Waals surface area contributed by atoms with Gasteiger partial charge >= 0.3 is 0 Å². The maximum atomic E-state index is 14.4. The zero-order valence-corrected chi connectivity index (χ0v) is 14.3. The second kappa shape index (κ2) is 5.69. The monoisotopic (exact) mass is 371 g/mol. The number of fused-ring (bicyclic) bond motifs is 1. The molecule has 0 bridgehead atoms. The zero-order chi connectivity index (χ0) is 15.1. The fourth-order valence-corrected chi connectivity index (χ4v) is 3.39. The molecule has 0 radical (unpaired) electrons. The number of hydrogen-bond acceptors (Lipinski definition) is 3. The van der Waals surface area contributed by atoms with Crippen LogP contribution >= 0.6 is 27.5 Å². The molecule has 3 rings (SSSR count). The summed E-state index contributed by atoms with van der Waals surface area (Å²) in [5.74, 6) is 0.940. The van der Waals surface area contributed by atoms with Gasteiger partial charge in [0.2, 0.25) is 0 Å². The number of halogens is 3. The molecule has 1 aromatic carbocycles. The summed E-state index contributed by atoms with van der Waals surface area (Å²) in [5.41, 5.74) is 0.326. The molecule has 3 nitrogen and oxygen atoms in total. The van der Waals surface area contributed by atoms with Gasteiger partial charge in [0.25, 0.3) is 0 Å². The summed E-state index contributed by atoms with van der Waals surface area (Å²) >= 11 is 9.30. The van der Waals surface area contributed by atoms with Crippen molar-refractivity contribution in [2.45, 2.75) is 39.2 Å². The van der Waals surface area contributed by atoms with E-state index in [1.165, 1.54) is 6.42 Å². The van der Waals surface area contributed by atoms with Crippen LogP contribution in [0.3, 0.4) is 0 Å². The summed E-state index contributed by atoms with van der Waals surface area (Å²) in [6, 6.07) is 2.14. The number of hydrogen-bond donors (Lipinski definition) is 0. The Bertz CT molecular complexity index is 707. The summed E-state index contributed by atoms with van der Waals surface area (Å²) < 4.78 is 14.7. The van der Waals surface area contributed by atoms with Crippen molar-refractivity contribution < 1.29 is 4.39 Å². The third-order valence-electron chi connectivity index (χ3n) is 3.99. The topological polar surface area (TPSA) is 29.0 Å². The Morgan fingerprint density at radius 1 is 1.38 bits per heavy atom. The van der Waals surface area contributed by atoms with E-state index in [2.05, 4.69) is 37.7 Å². The van der Waals surface area contributed by atoms with Crippen molar-refractivity contribution in [3.8, 4) is 0 Å². The number of piperidine rings is 1. The second-order valence-electron chi connectivity index (χ2n) is 5.52. The highest BCUT2D eigenvalue weighted by Crippen LogP contribution is 2.36. The molecular weight excluding hydrogens is 357 g/mol. The van der Waals surface area contributed by atoms with Crippen molar-refractivity contribution >= 4 is 44.3 Å². The number of benzene rings is 1. The van der Waals surface area contributed by atoms with Crippen LogP contribution in [0, 0.1) is 12.7 Å². The summed E-state index contributed by atoms with van der Waals surface area (Å²) in [5, 5.41) is 1.03. The molecule has 0 unspecified atom stereocenters. The van der Waals surface area contributed by atoms with Crippen LogP contribution in [0.5, 0.6) is 0 Å². The standard InChI is InChI=1S/C15H16BrClFN3/c1-8-5-3-4-6-21(8)15-10-7-11(17)12(16)13(18)14(10)19-9(2)20-15/h7-8H,3-6H2,1-2H3/t8-/m0/s1. The molecule has 2 aromatic rings. The largest absolute Gasteiger partial charge is 0.353 e. The fourth-order valence-electron chi connectivity index (χ4n) is 2.90. The first-order valence-corrected chi connectivity index (χ1v) is 8.24. The Labute approximate surface area is 136 Å². The maximum absolute atomic E-state index is 14.4. The molecule has 1 atom stereocenters. The smallest absolute Gasteiger partial charge is 0.165 e. The summed E-state index contributed by atoms with van der Waals surface area (Å²) in [7, 11) is 0. The first-order chi connectivity index (χ1) is 9.99. The molecule has 1 saturated heterocycles. The van der Waals surface area contributed by atoms with Crippen LogP contribution in [-0.4, -0.2) is 22.6 Å². The number of nitrogens with zero attached hydrogens (tertiary/aromatic N) is 3. The summed E-state index contributed by atoms with van der Waals surface area (Å²) in [4.78, 5) is 11.1. The van der Waals surface area contributed by atoms with E-state index in [0.29, 0.717) is 27.8 Å². The van der Waals surface area contributed by atoms with Gasteiger partial charge in [0.05, 0.1) is 9.50 Å². The number of aryl methyl sites for hydroxylation is 1. The van der Waals surface area contributed by atoms with E-state index in [9.17, 15) is 4.39 Å². The lowest BCUT2D eigenvalue weighted by atomic mass is 10.0. The van der Waals surface area contributed by atoms with Gasteiger partial charge in [-0.1, -0.05) is 11.6 Å². The minimum Gasteiger partial charge on any atom is -0.353 e. The first-order valence-electron chi connectivity index (χ1n) is 7.07. The van der Waals surface area contributed by atoms with Crippen LogP contribution in [0.2, 0.25) is 5.02 Å². The molecule has 1 aromatic heterocycles. The average Bonchev–Trinajstić information content (AvgIpc) is 2.46. The Morgan fingerprint density at radius 3 is 2.86 bits per heavy atom. The number of anilines is 1. The van der Waals surface area contributed by atoms with E-state index in [1.54, 1.807) is 13.0 Å². The maximum Gasteiger partial charge on any atom is 0.165 e. The van der Waals surface area contributed by atoms with Gasteiger partial charge < -0.3 is 4.90 Å². The molecule has 0 spiro atoms. The van der Waals surface area contributed by atoms with Gasteiger partial charge in [-0.2, -0.15) is 0 Å². The van der Waals surface area contributed by atoms with Crippen molar-refractivity contribution in [3.05, 3.63) is 27.2 Å². The highest BCUT2D eigenvalue weighted by molar-refractivity contribution is 9.10. The molecule has 1 aliphatic rings. The lowest BCUT2D eigenvalue weighted by Crippen LogP contribution is -2.38. The Morgan fingerprint density at radius 2 is 2.14 bits per heavy atom. The third-order valence-corrected chi connectivity index (χ3v) is 5.30. The number of rotatable bonds is 1. The van der Waals surface area contributed by atoms with Gasteiger partial charge in [-0.05, 0) is 55.1 Å². The number of aromatic nitrogens is 2. The van der Waals surface area contributed by atoms with E-state index in [0.717, 1.165) is 25.2 Å². The van der Waals surface area contributed by atoms with Crippen molar-refractivity contribution in [2.75, 3.05) is 11.4 Å². The fraction of sp³-hybridized carbons (Fsp3) is 0.467.